The second-order valence-corrected chi connectivity index (χ2v) is 6.40. The van der Waals surface area contributed by atoms with Crippen LogP contribution in [0.3, 0.4) is 0 Å². The van der Waals surface area contributed by atoms with Crippen molar-refractivity contribution in [3.05, 3.63) is 28.8 Å². The molecular weight excluding hydrogens is 282 g/mol. The molecular formula is C18H30ClNO. The van der Waals surface area contributed by atoms with Crippen LogP contribution in [-0.2, 0) is 6.54 Å². The zero-order valence-electron chi connectivity index (χ0n) is 13.9. The van der Waals surface area contributed by atoms with Gasteiger partial charge in [-0.1, -0.05) is 70.7 Å². The Bertz CT molecular complexity index is 406. The lowest BCUT2D eigenvalue weighted by atomic mass is 10.0. The van der Waals surface area contributed by atoms with Crippen LogP contribution >= 0.6 is 11.6 Å². The summed E-state index contributed by atoms with van der Waals surface area (Å²) in [5.41, 5.74) is 1.14. The van der Waals surface area contributed by atoms with Gasteiger partial charge in [0.15, 0.2) is 0 Å². The molecule has 0 aliphatic rings. The van der Waals surface area contributed by atoms with E-state index in [0.717, 1.165) is 30.9 Å². The van der Waals surface area contributed by atoms with Gasteiger partial charge in [-0.2, -0.15) is 0 Å². The fourth-order valence-corrected chi connectivity index (χ4v) is 2.52. The second-order valence-electron chi connectivity index (χ2n) is 5.99. The van der Waals surface area contributed by atoms with Crippen LogP contribution in [-0.4, -0.2) is 12.6 Å². The first kappa shape index (κ1) is 18.3. The molecule has 0 spiro atoms. The fraction of sp³-hybridized carbons (Fsp3) is 0.667. The summed E-state index contributed by atoms with van der Waals surface area (Å²) in [5.74, 6) is 1.47. The number of unbranched alkanes of at least 4 members (excludes halogenated alkanes) is 1. The van der Waals surface area contributed by atoms with Crippen molar-refractivity contribution in [3.63, 3.8) is 0 Å². The monoisotopic (exact) mass is 311 g/mol. The van der Waals surface area contributed by atoms with Crippen LogP contribution in [0.25, 0.3) is 0 Å². The van der Waals surface area contributed by atoms with E-state index in [1.54, 1.807) is 0 Å². The van der Waals surface area contributed by atoms with Crippen molar-refractivity contribution in [3.8, 4) is 5.75 Å². The number of halogens is 1. The molecule has 1 atom stereocenters. The van der Waals surface area contributed by atoms with Crippen LogP contribution in [0, 0.1) is 5.92 Å². The molecule has 1 N–H and O–H groups in total. The van der Waals surface area contributed by atoms with Gasteiger partial charge in [0.25, 0.3) is 0 Å². The molecule has 2 nitrogen and oxygen atoms in total. The highest BCUT2D eigenvalue weighted by Crippen LogP contribution is 2.29. The average molecular weight is 312 g/mol. The number of para-hydroxylation sites is 1. The molecule has 1 aromatic rings. The van der Waals surface area contributed by atoms with E-state index in [9.17, 15) is 0 Å². The lowest BCUT2D eigenvalue weighted by Crippen LogP contribution is -2.22. The SMILES string of the molecule is CCCCC(CC)COc1c(Cl)cccc1CNC(C)C. The van der Waals surface area contributed by atoms with E-state index in [0.29, 0.717) is 17.0 Å². The van der Waals surface area contributed by atoms with Gasteiger partial charge in [0.2, 0.25) is 0 Å². The summed E-state index contributed by atoms with van der Waals surface area (Å²) in [5, 5.41) is 4.14. The minimum absolute atomic E-state index is 0.449. The van der Waals surface area contributed by atoms with Crippen LogP contribution in [0.15, 0.2) is 18.2 Å². The minimum Gasteiger partial charge on any atom is -0.491 e. The molecule has 0 aromatic heterocycles. The van der Waals surface area contributed by atoms with Crippen molar-refractivity contribution in [2.75, 3.05) is 6.61 Å². The van der Waals surface area contributed by atoms with E-state index in [1.807, 2.05) is 12.1 Å². The maximum Gasteiger partial charge on any atom is 0.142 e. The van der Waals surface area contributed by atoms with Gasteiger partial charge in [0, 0.05) is 18.2 Å². The molecule has 21 heavy (non-hydrogen) atoms. The fourth-order valence-electron chi connectivity index (χ4n) is 2.27. The zero-order valence-corrected chi connectivity index (χ0v) is 14.7. The average Bonchev–Trinajstić information content (AvgIpc) is 2.46. The Morgan fingerprint density at radius 2 is 2.00 bits per heavy atom. The Hall–Kier alpha value is -0.730. The molecule has 0 saturated heterocycles. The highest BCUT2D eigenvalue weighted by atomic mass is 35.5. The van der Waals surface area contributed by atoms with Gasteiger partial charge in [-0.25, -0.2) is 0 Å². The van der Waals surface area contributed by atoms with Crippen LogP contribution < -0.4 is 10.1 Å². The van der Waals surface area contributed by atoms with Crippen molar-refractivity contribution in [2.24, 2.45) is 5.92 Å². The molecule has 1 aromatic carbocycles. The number of rotatable bonds is 10. The molecule has 3 heteroatoms. The van der Waals surface area contributed by atoms with Gasteiger partial charge in [-0.05, 0) is 18.4 Å². The molecule has 120 valence electrons. The van der Waals surface area contributed by atoms with Crippen molar-refractivity contribution in [1.29, 1.82) is 0 Å². The van der Waals surface area contributed by atoms with E-state index in [-0.39, 0.29) is 0 Å². The largest absolute Gasteiger partial charge is 0.491 e. The van der Waals surface area contributed by atoms with Crippen LogP contribution in [0.5, 0.6) is 5.75 Å². The summed E-state index contributed by atoms with van der Waals surface area (Å²) in [6.45, 7) is 10.3. The standard InChI is InChI=1S/C18H30ClNO/c1-5-7-9-15(6-2)13-21-18-16(12-20-14(3)4)10-8-11-17(18)19/h8,10-11,14-15,20H,5-7,9,12-13H2,1-4H3. The molecule has 0 saturated carbocycles. The summed E-state index contributed by atoms with van der Waals surface area (Å²) in [6, 6.07) is 6.43. The van der Waals surface area contributed by atoms with Crippen molar-refractivity contribution < 1.29 is 4.74 Å². The smallest absolute Gasteiger partial charge is 0.142 e. The number of ether oxygens (including phenoxy) is 1. The van der Waals surface area contributed by atoms with E-state index >= 15 is 0 Å². The van der Waals surface area contributed by atoms with E-state index in [4.69, 9.17) is 16.3 Å². The van der Waals surface area contributed by atoms with Crippen molar-refractivity contribution in [2.45, 2.75) is 66.0 Å². The summed E-state index contributed by atoms with van der Waals surface area (Å²) in [4.78, 5) is 0. The van der Waals surface area contributed by atoms with Gasteiger partial charge < -0.3 is 10.1 Å². The molecule has 0 aliphatic heterocycles. The lowest BCUT2D eigenvalue weighted by molar-refractivity contribution is 0.231. The molecule has 1 rings (SSSR count). The Kier molecular flexibility index (Phi) is 8.79. The Labute approximate surface area is 135 Å². The first-order chi connectivity index (χ1) is 10.1. The lowest BCUT2D eigenvalue weighted by Gasteiger charge is -2.19. The number of hydrogen-bond donors (Lipinski definition) is 1. The summed E-state index contributed by atoms with van der Waals surface area (Å²) >= 11 is 6.32. The summed E-state index contributed by atoms with van der Waals surface area (Å²) in [6.07, 6.45) is 4.90. The molecule has 0 aliphatic carbocycles. The highest BCUT2D eigenvalue weighted by Gasteiger charge is 2.12. The molecule has 0 heterocycles. The topological polar surface area (TPSA) is 21.3 Å². The number of nitrogens with one attached hydrogen (secondary N) is 1. The third-order valence-electron chi connectivity index (χ3n) is 3.76. The second kappa shape index (κ2) is 10.1. The molecule has 0 radical (unpaired) electrons. The quantitative estimate of drug-likeness (QED) is 0.622. The third-order valence-corrected chi connectivity index (χ3v) is 4.05. The maximum absolute atomic E-state index is 6.32. The van der Waals surface area contributed by atoms with Gasteiger partial charge in [0.05, 0.1) is 11.6 Å². The first-order valence-corrected chi connectivity index (χ1v) is 8.59. The van der Waals surface area contributed by atoms with Gasteiger partial charge >= 0.3 is 0 Å². The Morgan fingerprint density at radius 1 is 1.24 bits per heavy atom. The molecule has 1 unspecified atom stereocenters. The van der Waals surface area contributed by atoms with Gasteiger partial charge in [-0.15, -0.1) is 0 Å². The summed E-state index contributed by atoms with van der Waals surface area (Å²) in [7, 11) is 0. The highest BCUT2D eigenvalue weighted by molar-refractivity contribution is 6.32. The first-order valence-electron chi connectivity index (χ1n) is 8.22. The van der Waals surface area contributed by atoms with Gasteiger partial charge in [-0.3, -0.25) is 0 Å². The van der Waals surface area contributed by atoms with Crippen LogP contribution in [0.2, 0.25) is 5.02 Å². The predicted octanol–water partition coefficient (Wildman–Crippen LogP) is 5.43. The third kappa shape index (κ3) is 6.71. The van der Waals surface area contributed by atoms with Gasteiger partial charge in [0.1, 0.15) is 5.75 Å². The van der Waals surface area contributed by atoms with Crippen molar-refractivity contribution in [1.82, 2.24) is 5.32 Å². The van der Waals surface area contributed by atoms with E-state index < -0.39 is 0 Å². The Morgan fingerprint density at radius 3 is 2.62 bits per heavy atom. The minimum atomic E-state index is 0.449. The number of hydrogen-bond acceptors (Lipinski definition) is 2. The number of benzene rings is 1. The maximum atomic E-state index is 6.32. The Balaban J connectivity index is 2.67. The van der Waals surface area contributed by atoms with Crippen LogP contribution in [0.4, 0.5) is 0 Å². The molecule has 0 bridgehead atoms. The summed E-state index contributed by atoms with van der Waals surface area (Å²) < 4.78 is 6.08. The normalized spacial score (nSPS) is 12.7. The predicted molar refractivity (Wildman–Crippen MR) is 92.2 cm³/mol. The van der Waals surface area contributed by atoms with E-state index in [2.05, 4.69) is 39.1 Å². The zero-order chi connectivity index (χ0) is 15.7. The van der Waals surface area contributed by atoms with E-state index in [1.165, 1.54) is 19.3 Å². The van der Waals surface area contributed by atoms with Crippen molar-refractivity contribution >= 4 is 11.6 Å². The molecule has 0 fully saturated rings. The molecule has 0 amide bonds. The van der Waals surface area contributed by atoms with Crippen LogP contribution in [0.1, 0.15) is 58.9 Å².